The second kappa shape index (κ2) is 8.94. The number of rotatable bonds is 6. The second-order valence-corrected chi connectivity index (χ2v) is 7.99. The zero-order valence-electron chi connectivity index (χ0n) is 17.7. The maximum absolute atomic E-state index is 12.8. The lowest BCUT2D eigenvalue weighted by Crippen LogP contribution is -2.26. The molecular weight excluding hydrogens is 428 g/mol. The van der Waals surface area contributed by atoms with Crippen molar-refractivity contribution in [3.05, 3.63) is 76.2 Å². The van der Waals surface area contributed by atoms with E-state index >= 15 is 0 Å². The van der Waals surface area contributed by atoms with E-state index < -0.39 is 6.10 Å². The molecule has 32 heavy (non-hydrogen) atoms. The number of fused-ring (bicyclic) bond motifs is 1. The normalized spacial score (nSPS) is 12.1. The number of pyridine rings is 2. The Morgan fingerprint density at radius 3 is 2.66 bits per heavy atom. The highest BCUT2D eigenvalue weighted by atomic mass is 35.5. The van der Waals surface area contributed by atoms with Gasteiger partial charge in [-0.15, -0.1) is 5.10 Å². The number of carbonyl (C=O) groups is 1. The van der Waals surface area contributed by atoms with Gasteiger partial charge >= 0.3 is 0 Å². The number of nitrogens with zero attached hydrogens (tertiary/aromatic N) is 4. The van der Waals surface area contributed by atoms with E-state index in [9.17, 15) is 9.90 Å². The Bertz CT molecular complexity index is 1290. The topological polar surface area (TPSA) is 118 Å². The second-order valence-electron chi connectivity index (χ2n) is 7.55. The Kier molecular flexibility index (Phi) is 6.07. The van der Waals surface area contributed by atoms with Crippen LogP contribution in [0.25, 0.3) is 16.8 Å². The molecule has 164 valence electrons. The Morgan fingerprint density at radius 2 is 1.91 bits per heavy atom. The molecule has 1 aromatic carbocycles. The van der Waals surface area contributed by atoms with Gasteiger partial charge in [0.2, 0.25) is 5.95 Å². The van der Waals surface area contributed by atoms with Crippen molar-refractivity contribution in [2.24, 2.45) is 0 Å². The number of benzene rings is 1. The van der Waals surface area contributed by atoms with E-state index in [2.05, 4.69) is 20.4 Å². The molecule has 3 heterocycles. The van der Waals surface area contributed by atoms with Crippen molar-refractivity contribution in [1.29, 1.82) is 0 Å². The van der Waals surface area contributed by atoms with Crippen LogP contribution in [0, 0.1) is 13.8 Å². The Labute approximate surface area is 190 Å². The third-order valence-electron chi connectivity index (χ3n) is 5.27. The van der Waals surface area contributed by atoms with Crippen LogP contribution in [0.15, 0.2) is 48.7 Å². The third-order valence-corrected chi connectivity index (χ3v) is 5.52. The Balaban J connectivity index is 1.50. The van der Waals surface area contributed by atoms with Crippen molar-refractivity contribution < 1.29 is 9.90 Å². The first kappa shape index (κ1) is 21.7. The summed E-state index contributed by atoms with van der Waals surface area (Å²) in [4.78, 5) is 21.6. The number of halogens is 1. The summed E-state index contributed by atoms with van der Waals surface area (Å²) < 4.78 is 1.59. The van der Waals surface area contributed by atoms with Gasteiger partial charge in [0.15, 0.2) is 5.65 Å². The summed E-state index contributed by atoms with van der Waals surface area (Å²) in [5.41, 5.74) is 10.6. The first-order valence-electron chi connectivity index (χ1n) is 10.1. The molecule has 4 aromatic rings. The summed E-state index contributed by atoms with van der Waals surface area (Å²) in [7, 11) is 0. The number of hydrogen-bond acceptors (Lipinski definition) is 6. The number of amides is 1. The molecule has 1 amide bonds. The van der Waals surface area contributed by atoms with E-state index in [4.69, 9.17) is 17.3 Å². The SMILES string of the molecule is Cc1nc(C)c(-c2ccn3nc(N)nc3c2)cc1C(=O)NCC[C@H](O)c1ccc(Cl)cc1. The number of nitrogens with one attached hydrogen (secondary N) is 1. The molecule has 0 aliphatic carbocycles. The monoisotopic (exact) mass is 450 g/mol. The molecule has 9 heteroatoms. The first-order chi connectivity index (χ1) is 15.3. The maximum atomic E-state index is 12.8. The van der Waals surface area contributed by atoms with Crippen LogP contribution in [0.4, 0.5) is 5.95 Å². The molecule has 0 unspecified atom stereocenters. The van der Waals surface area contributed by atoms with Gasteiger partial charge in [-0.3, -0.25) is 9.78 Å². The van der Waals surface area contributed by atoms with Crippen molar-refractivity contribution in [3.63, 3.8) is 0 Å². The first-order valence-corrected chi connectivity index (χ1v) is 10.5. The molecule has 0 saturated carbocycles. The Hall–Kier alpha value is -3.49. The molecule has 0 aliphatic heterocycles. The predicted molar refractivity (Wildman–Crippen MR) is 123 cm³/mol. The maximum Gasteiger partial charge on any atom is 0.253 e. The minimum absolute atomic E-state index is 0.196. The average Bonchev–Trinajstić information content (AvgIpc) is 3.13. The van der Waals surface area contributed by atoms with Crippen molar-refractivity contribution in [2.45, 2.75) is 26.4 Å². The van der Waals surface area contributed by atoms with Crippen LogP contribution in [0.5, 0.6) is 0 Å². The number of anilines is 1. The molecule has 0 bridgehead atoms. The van der Waals surface area contributed by atoms with Gasteiger partial charge in [-0.1, -0.05) is 23.7 Å². The number of aliphatic hydroxyl groups excluding tert-OH is 1. The van der Waals surface area contributed by atoms with E-state index in [-0.39, 0.29) is 11.9 Å². The summed E-state index contributed by atoms with van der Waals surface area (Å²) >= 11 is 5.88. The molecule has 0 aliphatic rings. The number of hydrogen-bond donors (Lipinski definition) is 3. The third kappa shape index (κ3) is 4.56. The molecule has 0 fully saturated rings. The van der Waals surface area contributed by atoms with Crippen molar-refractivity contribution in [3.8, 4) is 11.1 Å². The molecule has 4 rings (SSSR count). The van der Waals surface area contributed by atoms with Crippen molar-refractivity contribution in [2.75, 3.05) is 12.3 Å². The zero-order valence-corrected chi connectivity index (χ0v) is 18.5. The van der Waals surface area contributed by atoms with Gasteiger partial charge in [-0.2, -0.15) is 4.98 Å². The summed E-state index contributed by atoms with van der Waals surface area (Å²) in [6.07, 6.45) is 1.46. The lowest BCUT2D eigenvalue weighted by Gasteiger charge is -2.14. The van der Waals surface area contributed by atoms with Crippen molar-refractivity contribution in [1.82, 2.24) is 24.9 Å². The van der Waals surface area contributed by atoms with E-state index in [1.165, 1.54) is 0 Å². The van der Waals surface area contributed by atoms with E-state index in [0.717, 1.165) is 22.4 Å². The number of carbonyl (C=O) groups excluding carboxylic acids is 1. The Morgan fingerprint density at radius 1 is 1.16 bits per heavy atom. The number of nitrogen functional groups attached to an aromatic ring is 1. The van der Waals surface area contributed by atoms with E-state index in [1.54, 1.807) is 41.9 Å². The van der Waals surface area contributed by atoms with Gasteiger partial charge in [-0.25, -0.2) is 4.52 Å². The number of nitrogens with two attached hydrogens (primary N) is 1. The standard InChI is InChI=1S/C23H23ClN6O2/c1-13-18(16-8-10-30-21(11-16)28-23(25)29-30)12-19(14(2)27-13)22(32)26-9-7-20(31)15-3-5-17(24)6-4-15/h3-6,8,10-12,20,31H,7,9H2,1-2H3,(H2,25,29)(H,26,32)/t20-/m0/s1. The molecule has 0 saturated heterocycles. The van der Waals surface area contributed by atoms with Crippen LogP contribution < -0.4 is 11.1 Å². The van der Waals surface area contributed by atoms with Gasteiger partial charge in [0.25, 0.3) is 5.91 Å². The highest BCUT2D eigenvalue weighted by Gasteiger charge is 2.16. The van der Waals surface area contributed by atoms with Crippen LogP contribution in [0.3, 0.4) is 0 Å². The van der Waals surface area contributed by atoms with E-state index in [1.807, 2.05) is 25.1 Å². The molecular formula is C23H23ClN6O2. The van der Waals surface area contributed by atoms with Crippen LogP contribution in [0.2, 0.25) is 5.02 Å². The van der Waals surface area contributed by atoms with Gasteiger partial charge in [0.05, 0.1) is 17.4 Å². The molecule has 8 nitrogen and oxygen atoms in total. The van der Waals surface area contributed by atoms with Crippen LogP contribution in [-0.4, -0.2) is 37.1 Å². The average molecular weight is 451 g/mol. The van der Waals surface area contributed by atoms with Crippen molar-refractivity contribution >= 4 is 29.1 Å². The van der Waals surface area contributed by atoms with Gasteiger partial charge < -0.3 is 16.2 Å². The smallest absolute Gasteiger partial charge is 0.253 e. The van der Waals surface area contributed by atoms with Crippen LogP contribution in [-0.2, 0) is 0 Å². The summed E-state index contributed by atoms with van der Waals surface area (Å²) in [5.74, 6) is -0.0471. The fraction of sp³-hybridized carbons (Fsp3) is 0.217. The van der Waals surface area contributed by atoms with Crippen LogP contribution in [0.1, 0.15) is 39.8 Å². The summed E-state index contributed by atoms with van der Waals surface area (Å²) in [6.45, 7) is 4.02. The van der Waals surface area contributed by atoms with E-state index in [0.29, 0.717) is 34.9 Å². The summed E-state index contributed by atoms with van der Waals surface area (Å²) in [5, 5.41) is 17.9. The number of aliphatic hydroxyl groups is 1. The zero-order chi connectivity index (χ0) is 22.8. The predicted octanol–water partition coefficient (Wildman–Crippen LogP) is 3.50. The molecule has 3 aromatic heterocycles. The highest BCUT2D eigenvalue weighted by molar-refractivity contribution is 6.30. The van der Waals surface area contributed by atoms with Gasteiger partial charge in [-0.05, 0) is 61.7 Å². The lowest BCUT2D eigenvalue weighted by atomic mass is 10.0. The minimum atomic E-state index is -0.692. The van der Waals surface area contributed by atoms with Gasteiger partial charge in [0.1, 0.15) is 0 Å². The number of aromatic nitrogens is 4. The quantitative estimate of drug-likeness (QED) is 0.413. The van der Waals surface area contributed by atoms with Crippen LogP contribution >= 0.6 is 11.6 Å². The minimum Gasteiger partial charge on any atom is -0.388 e. The molecule has 1 atom stereocenters. The highest BCUT2D eigenvalue weighted by Crippen LogP contribution is 2.26. The molecule has 0 radical (unpaired) electrons. The molecule has 4 N–H and O–H groups in total. The van der Waals surface area contributed by atoms with Gasteiger partial charge in [0, 0.05) is 29.0 Å². The fourth-order valence-electron chi connectivity index (χ4n) is 3.58. The number of aryl methyl sites for hydroxylation is 2. The fourth-order valence-corrected chi connectivity index (χ4v) is 3.71. The summed E-state index contributed by atoms with van der Waals surface area (Å²) in [6, 6.07) is 12.6. The lowest BCUT2D eigenvalue weighted by molar-refractivity contribution is 0.0941. The molecule has 0 spiro atoms. The largest absolute Gasteiger partial charge is 0.388 e.